The molecule has 11 heavy (non-hydrogen) atoms. The number of hydrogen-bond acceptors (Lipinski definition) is 2. The summed E-state index contributed by atoms with van der Waals surface area (Å²) in [7, 11) is 0. The summed E-state index contributed by atoms with van der Waals surface area (Å²) in [4.78, 5) is 0. The average molecular weight is 156 g/mol. The Morgan fingerprint density at radius 3 is 2.45 bits per heavy atom. The standard InChI is InChI=1S/C9H13NO/c1-7(10)9(11)8-5-3-2-4-6-8/h2-7,9,11H,10H2,1H3/t7-,9-/m1/s1/i2D,3D,4D,5D,6D. The SMILES string of the molecule is [2H]c1c([2H])c([2H])c([C@H](O)[C@@H](C)N)c([2H])c1[2H]. The number of benzene rings is 1. The molecule has 0 bridgehead atoms. The molecule has 0 unspecified atom stereocenters. The van der Waals surface area contributed by atoms with E-state index in [4.69, 9.17) is 12.6 Å². The van der Waals surface area contributed by atoms with Crippen LogP contribution in [-0.4, -0.2) is 11.1 Å². The summed E-state index contributed by atoms with van der Waals surface area (Å²) in [6, 6.07) is -2.92. The molecule has 0 fully saturated rings. The highest BCUT2D eigenvalue weighted by Crippen LogP contribution is 2.13. The molecule has 1 rings (SSSR count). The zero-order valence-corrected chi connectivity index (χ0v) is 6.18. The molecule has 0 heterocycles. The Morgan fingerprint density at radius 2 is 2.00 bits per heavy atom. The second-order valence-electron chi connectivity index (χ2n) is 2.34. The van der Waals surface area contributed by atoms with E-state index in [1.807, 2.05) is 0 Å². The Morgan fingerprint density at radius 1 is 1.45 bits per heavy atom. The van der Waals surface area contributed by atoms with Gasteiger partial charge in [-0.05, 0) is 12.5 Å². The lowest BCUT2D eigenvalue weighted by atomic mass is 10.0. The van der Waals surface area contributed by atoms with Crippen LogP contribution in [0.3, 0.4) is 0 Å². The van der Waals surface area contributed by atoms with Crippen LogP contribution in [0.5, 0.6) is 0 Å². The van der Waals surface area contributed by atoms with E-state index in [1.165, 1.54) is 6.92 Å². The third kappa shape index (κ3) is 2.03. The van der Waals surface area contributed by atoms with Gasteiger partial charge >= 0.3 is 0 Å². The lowest BCUT2D eigenvalue weighted by molar-refractivity contribution is 0.153. The maximum atomic E-state index is 9.71. The molecule has 0 aromatic heterocycles. The molecule has 0 saturated carbocycles. The summed E-state index contributed by atoms with van der Waals surface area (Å²) in [6.45, 7) is 1.51. The van der Waals surface area contributed by atoms with E-state index in [0.717, 1.165) is 0 Å². The van der Waals surface area contributed by atoms with Gasteiger partial charge in [-0.15, -0.1) is 0 Å². The third-order valence-corrected chi connectivity index (χ3v) is 1.31. The van der Waals surface area contributed by atoms with Gasteiger partial charge in [-0.1, -0.05) is 30.2 Å². The van der Waals surface area contributed by atoms with Crippen LogP contribution in [0.1, 0.15) is 25.4 Å². The first-order valence-corrected chi connectivity index (χ1v) is 3.29. The van der Waals surface area contributed by atoms with E-state index in [-0.39, 0.29) is 5.56 Å². The van der Waals surface area contributed by atoms with Crippen LogP contribution in [0.2, 0.25) is 0 Å². The summed E-state index contributed by atoms with van der Waals surface area (Å²) >= 11 is 0. The molecule has 0 aliphatic heterocycles. The smallest absolute Gasteiger partial charge is 0.0938 e. The minimum atomic E-state index is -1.27. The molecule has 0 aliphatic rings. The number of nitrogens with two attached hydrogens (primary N) is 1. The predicted octanol–water partition coefficient (Wildman–Crippen LogP) is 1.07. The van der Waals surface area contributed by atoms with Crippen molar-refractivity contribution < 1.29 is 12.0 Å². The fourth-order valence-corrected chi connectivity index (χ4v) is 0.670. The molecule has 0 saturated heterocycles. The molecule has 0 spiro atoms. The van der Waals surface area contributed by atoms with Crippen LogP contribution < -0.4 is 5.73 Å². The van der Waals surface area contributed by atoms with Crippen molar-refractivity contribution in [2.75, 3.05) is 0 Å². The molecule has 1 aromatic rings. The van der Waals surface area contributed by atoms with Crippen molar-refractivity contribution in [2.45, 2.75) is 19.1 Å². The fourth-order valence-electron chi connectivity index (χ4n) is 0.670. The maximum absolute atomic E-state index is 9.71. The second kappa shape index (κ2) is 3.51. The second-order valence-corrected chi connectivity index (χ2v) is 2.34. The first-order chi connectivity index (χ1) is 7.29. The van der Waals surface area contributed by atoms with E-state index < -0.39 is 42.4 Å². The number of hydrogen-bond donors (Lipinski definition) is 2. The molecule has 2 nitrogen and oxygen atoms in total. The van der Waals surface area contributed by atoms with Crippen molar-refractivity contribution in [3.8, 4) is 0 Å². The van der Waals surface area contributed by atoms with Gasteiger partial charge in [0.05, 0.1) is 13.0 Å². The molecule has 0 radical (unpaired) electrons. The summed E-state index contributed by atoms with van der Waals surface area (Å²) < 4.78 is 37.3. The average Bonchev–Trinajstić information content (AvgIpc) is 2.23. The van der Waals surface area contributed by atoms with Crippen LogP contribution in [0.15, 0.2) is 30.2 Å². The molecule has 2 heteroatoms. The van der Waals surface area contributed by atoms with Gasteiger partial charge in [-0.3, -0.25) is 0 Å². The fraction of sp³-hybridized carbons (Fsp3) is 0.333. The van der Waals surface area contributed by atoms with Crippen LogP contribution in [0.4, 0.5) is 0 Å². The van der Waals surface area contributed by atoms with Crippen LogP contribution >= 0.6 is 0 Å². The molecular formula is C9H13NO. The van der Waals surface area contributed by atoms with Gasteiger partial charge in [-0.2, -0.15) is 0 Å². The minimum absolute atomic E-state index is 0.152. The highest BCUT2D eigenvalue weighted by molar-refractivity contribution is 5.18. The summed E-state index contributed by atoms with van der Waals surface area (Å²) in [5.41, 5.74) is 5.31. The highest BCUT2D eigenvalue weighted by Gasteiger charge is 2.10. The molecular weight excluding hydrogens is 138 g/mol. The van der Waals surface area contributed by atoms with Crippen molar-refractivity contribution in [1.82, 2.24) is 0 Å². The topological polar surface area (TPSA) is 46.2 Å². The number of aliphatic hydroxyl groups is 1. The Labute approximate surface area is 73.7 Å². The van der Waals surface area contributed by atoms with Crippen LogP contribution in [-0.2, 0) is 0 Å². The Hall–Kier alpha value is -0.860. The quantitative estimate of drug-likeness (QED) is 0.672. The lowest BCUT2D eigenvalue weighted by Gasteiger charge is -2.13. The molecule has 2 atom stereocenters. The van der Waals surface area contributed by atoms with E-state index in [2.05, 4.69) is 0 Å². The van der Waals surface area contributed by atoms with Crippen molar-refractivity contribution >= 4 is 0 Å². The Balaban J connectivity index is 3.51. The van der Waals surface area contributed by atoms with Crippen molar-refractivity contribution in [1.29, 1.82) is 0 Å². The monoisotopic (exact) mass is 156 g/mol. The molecule has 3 N–H and O–H groups in total. The third-order valence-electron chi connectivity index (χ3n) is 1.31. The Bertz CT molecular complexity index is 392. The first kappa shape index (κ1) is 3.70. The van der Waals surface area contributed by atoms with Gasteiger partial charge in [0.25, 0.3) is 0 Å². The largest absolute Gasteiger partial charge is 0.387 e. The van der Waals surface area contributed by atoms with Crippen LogP contribution in [0.25, 0.3) is 0 Å². The van der Waals surface area contributed by atoms with Gasteiger partial charge < -0.3 is 10.8 Å². The van der Waals surface area contributed by atoms with Crippen LogP contribution in [0, 0.1) is 0 Å². The van der Waals surface area contributed by atoms with E-state index >= 15 is 0 Å². The van der Waals surface area contributed by atoms with Crippen molar-refractivity contribution in [3.05, 3.63) is 35.8 Å². The van der Waals surface area contributed by atoms with Crippen molar-refractivity contribution in [2.24, 2.45) is 5.73 Å². The van der Waals surface area contributed by atoms with E-state index in [9.17, 15) is 5.11 Å². The lowest BCUT2D eigenvalue weighted by Crippen LogP contribution is -2.24. The number of rotatable bonds is 2. The van der Waals surface area contributed by atoms with Gasteiger partial charge in [0.1, 0.15) is 0 Å². The van der Waals surface area contributed by atoms with Gasteiger partial charge in [0, 0.05) is 6.04 Å². The Kier molecular flexibility index (Phi) is 1.18. The van der Waals surface area contributed by atoms with Gasteiger partial charge in [0.2, 0.25) is 0 Å². The van der Waals surface area contributed by atoms with E-state index in [0.29, 0.717) is 0 Å². The predicted molar refractivity (Wildman–Crippen MR) is 45.1 cm³/mol. The van der Waals surface area contributed by atoms with Gasteiger partial charge in [0.15, 0.2) is 0 Å². The summed E-state index contributed by atoms with van der Waals surface area (Å²) in [5.74, 6) is 0. The normalized spacial score (nSPS) is 22.3. The van der Waals surface area contributed by atoms with E-state index in [1.54, 1.807) is 0 Å². The van der Waals surface area contributed by atoms with Gasteiger partial charge in [-0.25, -0.2) is 0 Å². The first-order valence-electron chi connectivity index (χ1n) is 5.79. The molecule has 60 valence electrons. The highest BCUT2D eigenvalue weighted by atomic mass is 16.3. The molecule has 1 aromatic carbocycles. The minimum Gasteiger partial charge on any atom is -0.387 e. The summed E-state index contributed by atoms with van der Waals surface area (Å²) in [6.07, 6.45) is -1.27. The molecule has 0 aliphatic carbocycles. The maximum Gasteiger partial charge on any atom is 0.0938 e. The zero-order valence-electron chi connectivity index (χ0n) is 11.2. The number of aliphatic hydroxyl groups excluding tert-OH is 1. The van der Waals surface area contributed by atoms with Crippen molar-refractivity contribution in [3.63, 3.8) is 0 Å². The zero-order chi connectivity index (χ0) is 12.6. The summed E-state index contributed by atoms with van der Waals surface area (Å²) in [5, 5.41) is 9.71. The molecule has 0 amide bonds.